The number of rotatable bonds is 4. The minimum Gasteiger partial charge on any atom is -0.383 e. The summed E-state index contributed by atoms with van der Waals surface area (Å²) in [7, 11) is 0. The molecule has 0 saturated carbocycles. The van der Waals surface area contributed by atoms with Crippen LogP contribution in [0.5, 0.6) is 0 Å². The Morgan fingerprint density at radius 1 is 1.44 bits per heavy atom. The average molecular weight is 281 g/mol. The second-order valence-corrected chi connectivity index (χ2v) is 5.06. The molecule has 0 saturated heterocycles. The molecule has 96 valence electrons. The summed E-state index contributed by atoms with van der Waals surface area (Å²) in [4.78, 5) is 0.844. The van der Waals surface area contributed by atoms with Crippen LogP contribution in [-0.2, 0) is 0 Å². The first-order valence-electron chi connectivity index (χ1n) is 5.76. The maximum Gasteiger partial charge on any atom is 0.133 e. The molecular weight excluding hydrogens is 264 g/mol. The molecule has 0 radical (unpaired) electrons. The molecule has 1 heterocycles. The number of allylic oxidation sites excluding steroid dienone is 1. The molecule has 3 N–H and O–H groups in total. The zero-order valence-corrected chi connectivity index (χ0v) is 11.9. The second kappa shape index (κ2) is 6.57. The predicted molar refractivity (Wildman–Crippen MR) is 84.0 cm³/mol. The van der Waals surface area contributed by atoms with Gasteiger partial charge in [0.15, 0.2) is 0 Å². The van der Waals surface area contributed by atoms with Crippen molar-refractivity contribution in [1.82, 2.24) is 0 Å². The van der Waals surface area contributed by atoms with Gasteiger partial charge in [-0.2, -0.15) is 0 Å². The Balaban J connectivity index is 0.00000162. The Bertz CT molecular complexity index is 572. The normalized spacial score (nSPS) is 10.7. The molecule has 0 spiro atoms. The van der Waals surface area contributed by atoms with Crippen molar-refractivity contribution < 1.29 is 0 Å². The lowest BCUT2D eigenvalue weighted by atomic mass is 10.1. The van der Waals surface area contributed by atoms with Gasteiger partial charge in [0, 0.05) is 10.1 Å². The van der Waals surface area contributed by atoms with Crippen molar-refractivity contribution in [2.24, 2.45) is 5.73 Å². The van der Waals surface area contributed by atoms with Gasteiger partial charge < -0.3 is 5.73 Å². The Labute approximate surface area is 117 Å². The van der Waals surface area contributed by atoms with Crippen molar-refractivity contribution in [2.45, 2.75) is 19.8 Å². The number of nitrogens with one attached hydrogen (secondary N) is 1. The number of nitrogens with two attached hydrogens (primary N) is 1. The maximum atomic E-state index is 7.48. The number of halogens is 1. The van der Waals surface area contributed by atoms with Gasteiger partial charge in [-0.3, -0.25) is 5.41 Å². The quantitative estimate of drug-likeness (QED) is 0.632. The lowest BCUT2D eigenvalue weighted by Gasteiger charge is -1.95. The van der Waals surface area contributed by atoms with E-state index in [1.165, 1.54) is 15.6 Å². The van der Waals surface area contributed by atoms with Crippen LogP contribution in [0.1, 0.15) is 30.2 Å². The zero-order chi connectivity index (χ0) is 12.3. The molecule has 4 heteroatoms. The van der Waals surface area contributed by atoms with Crippen molar-refractivity contribution in [3.63, 3.8) is 0 Å². The minimum atomic E-state index is 0. The lowest BCUT2D eigenvalue weighted by molar-refractivity contribution is 0.962. The van der Waals surface area contributed by atoms with Gasteiger partial charge in [-0.1, -0.05) is 37.6 Å². The highest BCUT2D eigenvalue weighted by molar-refractivity contribution is 7.20. The second-order valence-electron chi connectivity index (χ2n) is 3.97. The number of nitrogen functional groups attached to an aromatic ring is 1. The lowest BCUT2D eigenvalue weighted by Crippen LogP contribution is -2.08. The number of hydrogen-bond acceptors (Lipinski definition) is 2. The van der Waals surface area contributed by atoms with Gasteiger partial charge in [0.25, 0.3) is 0 Å². The van der Waals surface area contributed by atoms with E-state index in [0.29, 0.717) is 0 Å². The molecule has 2 aromatic rings. The molecule has 2 rings (SSSR count). The van der Waals surface area contributed by atoms with E-state index < -0.39 is 0 Å². The Morgan fingerprint density at radius 2 is 2.22 bits per heavy atom. The highest BCUT2D eigenvalue weighted by Gasteiger charge is 2.05. The third kappa shape index (κ3) is 3.12. The monoisotopic (exact) mass is 280 g/mol. The van der Waals surface area contributed by atoms with Crippen molar-refractivity contribution in [3.8, 4) is 0 Å². The van der Waals surface area contributed by atoms with E-state index in [9.17, 15) is 0 Å². The number of hydrogen-bond donors (Lipinski definition) is 2. The van der Waals surface area contributed by atoms with Crippen molar-refractivity contribution in [1.29, 1.82) is 5.41 Å². The summed E-state index contributed by atoms with van der Waals surface area (Å²) < 4.78 is 1.19. The Kier molecular flexibility index (Phi) is 5.38. The molecule has 18 heavy (non-hydrogen) atoms. The summed E-state index contributed by atoms with van der Waals surface area (Å²) >= 11 is 1.58. The molecule has 0 aliphatic carbocycles. The van der Waals surface area contributed by atoms with Gasteiger partial charge in [0.2, 0.25) is 0 Å². The van der Waals surface area contributed by atoms with Gasteiger partial charge >= 0.3 is 0 Å². The van der Waals surface area contributed by atoms with E-state index in [0.717, 1.165) is 17.7 Å². The maximum absolute atomic E-state index is 7.48. The van der Waals surface area contributed by atoms with Gasteiger partial charge in [-0.05, 0) is 24.1 Å². The van der Waals surface area contributed by atoms with E-state index in [1.807, 2.05) is 12.1 Å². The van der Waals surface area contributed by atoms with Gasteiger partial charge in [0.1, 0.15) is 5.84 Å². The molecule has 0 bridgehead atoms. The van der Waals surface area contributed by atoms with Crippen LogP contribution in [-0.4, -0.2) is 5.84 Å². The predicted octanol–water partition coefficient (Wildman–Crippen LogP) is 4.42. The first-order valence-corrected chi connectivity index (χ1v) is 6.57. The van der Waals surface area contributed by atoms with Crippen LogP contribution < -0.4 is 5.73 Å². The third-order valence-corrected chi connectivity index (χ3v) is 3.75. The number of thiophene rings is 1. The van der Waals surface area contributed by atoms with E-state index in [-0.39, 0.29) is 18.2 Å². The summed E-state index contributed by atoms with van der Waals surface area (Å²) in [5.74, 6) is 0.148. The first-order chi connectivity index (χ1) is 8.22. The number of unbranched alkanes of at least 4 members (excludes halogenated alkanes) is 1. The van der Waals surface area contributed by atoms with Crippen molar-refractivity contribution >= 4 is 45.7 Å². The van der Waals surface area contributed by atoms with Crippen LogP contribution in [0.3, 0.4) is 0 Å². The molecular formula is C14H17ClN2S. The first kappa shape index (κ1) is 14.7. The standard InChI is InChI=1S/C14H16N2S.ClH/c1-2-3-4-6-10-7-5-8-12-11(10)9-13(17-12)14(15)16;/h4-9H,2-3H2,1H3,(H3,15,16);1H/b6-4+;. The van der Waals surface area contributed by atoms with Gasteiger partial charge in [-0.15, -0.1) is 23.7 Å². The van der Waals surface area contributed by atoms with Crippen LogP contribution in [0.2, 0.25) is 0 Å². The van der Waals surface area contributed by atoms with E-state index >= 15 is 0 Å². The summed E-state index contributed by atoms with van der Waals surface area (Å²) in [6.07, 6.45) is 6.61. The van der Waals surface area contributed by atoms with E-state index in [1.54, 1.807) is 11.3 Å². The summed E-state index contributed by atoms with van der Waals surface area (Å²) in [5, 5.41) is 8.67. The van der Waals surface area contributed by atoms with Crippen molar-refractivity contribution in [2.75, 3.05) is 0 Å². The SMILES string of the molecule is CCC/C=C/c1cccc2sc(C(=N)N)cc12.Cl. The van der Waals surface area contributed by atoms with Crippen LogP contribution in [0.4, 0.5) is 0 Å². The molecule has 1 aromatic carbocycles. The third-order valence-electron chi connectivity index (χ3n) is 2.61. The fraction of sp³-hybridized carbons (Fsp3) is 0.214. The molecule has 0 aliphatic heterocycles. The minimum absolute atomic E-state index is 0. The summed E-state index contributed by atoms with van der Waals surface area (Å²) in [6, 6.07) is 8.23. The highest BCUT2D eigenvalue weighted by atomic mass is 35.5. The van der Waals surface area contributed by atoms with Crippen LogP contribution >= 0.6 is 23.7 Å². The van der Waals surface area contributed by atoms with Crippen molar-refractivity contribution in [3.05, 3.63) is 40.8 Å². The molecule has 0 unspecified atom stereocenters. The molecule has 0 amide bonds. The molecule has 0 fully saturated rings. The Morgan fingerprint density at radius 3 is 2.89 bits per heavy atom. The molecule has 0 aliphatic rings. The molecule has 2 nitrogen and oxygen atoms in total. The summed E-state index contributed by atoms with van der Waals surface area (Å²) in [6.45, 7) is 2.17. The average Bonchev–Trinajstić information content (AvgIpc) is 2.74. The topological polar surface area (TPSA) is 49.9 Å². The van der Waals surface area contributed by atoms with Gasteiger partial charge in [0.05, 0.1) is 4.88 Å². The van der Waals surface area contributed by atoms with Crippen LogP contribution in [0.25, 0.3) is 16.2 Å². The fourth-order valence-corrected chi connectivity index (χ4v) is 2.70. The van der Waals surface area contributed by atoms with Crippen LogP contribution in [0, 0.1) is 5.41 Å². The smallest absolute Gasteiger partial charge is 0.133 e. The molecule has 0 atom stereocenters. The van der Waals surface area contributed by atoms with Gasteiger partial charge in [-0.25, -0.2) is 0 Å². The highest BCUT2D eigenvalue weighted by Crippen LogP contribution is 2.28. The molecule has 1 aromatic heterocycles. The fourth-order valence-electron chi connectivity index (χ4n) is 1.74. The number of fused-ring (bicyclic) bond motifs is 1. The van der Waals surface area contributed by atoms with E-state index in [4.69, 9.17) is 11.1 Å². The summed E-state index contributed by atoms with van der Waals surface area (Å²) in [5.41, 5.74) is 6.73. The largest absolute Gasteiger partial charge is 0.383 e. The van der Waals surface area contributed by atoms with Crippen LogP contribution in [0.15, 0.2) is 30.3 Å². The zero-order valence-electron chi connectivity index (χ0n) is 10.3. The number of amidine groups is 1. The van der Waals surface area contributed by atoms with E-state index in [2.05, 4.69) is 31.2 Å². The number of benzene rings is 1. The Hall–Kier alpha value is -1.32.